The molecule has 1 aromatic carbocycles. The fourth-order valence-corrected chi connectivity index (χ4v) is 2.22. The van der Waals surface area contributed by atoms with Crippen molar-refractivity contribution >= 4 is 0 Å². The highest BCUT2D eigenvalue weighted by molar-refractivity contribution is 5.27. The molecular formula is C16H27NO. The van der Waals surface area contributed by atoms with Gasteiger partial charge in [-0.05, 0) is 43.5 Å². The Labute approximate surface area is 112 Å². The van der Waals surface area contributed by atoms with Crippen LogP contribution in [0.3, 0.4) is 0 Å². The van der Waals surface area contributed by atoms with Gasteiger partial charge in [-0.1, -0.05) is 38.8 Å². The lowest BCUT2D eigenvalue weighted by atomic mass is 10.0. The molecule has 0 bridgehead atoms. The average Bonchev–Trinajstić information content (AvgIpc) is 2.42. The van der Waals surface area contributed by atoms with Crippen LogP contribution in [-0.2, 0) is 6.42 Å². The molecule has 1 rings (SSSR count). The molecule has 0 spiro atoms. The summed E-state index contributed by atoms with van der Waals surface area (Å²) in [6, 6.07) is 9.09. The van der Waals surface area contributed by atoms with Crippen LogP contribution in [0.5, 0.6) is 5.75 Å². The number of methoxy groups -OCH3 is 1. The first kappa shape index (κ1) is 15.0. The molecule has 1 atom stereocenters. The van der Waals surface area contributed by atoms with Crippen LogP contribution in [0.25, 0.3) is 0 Å². The van der Waals surface area contributed by atoms with Gasteiger partial charge in [0.15, 0.2) is 0 Å². The normalized spacial score (nSPS) is 12.4. The van der Waals surface area contributed by atoms with Gasteiger partial charge >= 0.3 is 0 Å². The minimum atomic E-state index is 0.664. The van der Waals surface area contributed by atoms with Crippen molar-refractivity contribution in [3.05, 3.63) is 29.8 Å². The summed E-state index contributed by atoms with van der Waals surface area (Å²) in [5.74, 6) is 0.938. The first-order valence-corrected chi connectivity index (χ1v) is 7.16. The molecule has 1 unspecified atom stereocenters. The van der Waals surface area contributed by atoms with E-state index in [9.17, 15) is 0 Å². The van der Waals surface area contributed by atoms with Crippen LogP contribution in [0.2, 0.25) is 0 Å². The third-order valence-corrected chi connectivity index (χ3v) is 3.34. The van der Waals surface area contributed by atoms with Crippen LogP contribution in [0.4, 0.5) is 0 Å². The highest BCUT2D eigenvalue weighted by Crippen LogP contribution is 2.14. The third-order valence-electron chi connectivity index (χ3n) is 3.34. The minimum absolute atomic E-state index is 0.664. The van der Waals surface area contributed by atoms with Crippen molar-refractivity contribution in [3.63, 3.8) is 0 Å². The molecule has 0 aliphatic heterocycles. The average molecular weight is 249 g/mol. The first-order valence-electron chi connectivity index (χ1n) is 7.16. The molecule has 1 N–H and O–H groups in total. The van der Waals surface area contributed by atoms with Gasteiger partial charge in [-0.2, -0.15) is 0 Å². The van der Waals surface area contributed by atoms with Crippen LogP contribution < -0.4 is 10.1 Å². The van der Waals surface area contributed by atoms with Crippen molar-refractivity contribution in [2.45, 2.75) is 52.0 Å². The van der Waals surface area contributed by atoms with Crippen LogP contribution >= 0.6 is 0 Å². The zero-order valence-electron chi connectivity index (χ0n) is 12.0. The monoisotopic (exact) mass is 249 g/mol. The van der Waals surface area contributed by atoms with Crippen LogP contribution in [0.1, 0.15) is 45.1 Å². The quantitative estimate of drug-likeness (QED) is 0.719. The molecule has 0 aliphatic carbocycles. The molecule has 0 heterocycles. The smallest absolute Gasteiger partial charge is 0.118 e. The highest BCUT2D eigenvalue weighted by atomic mass is 16.5. The van der Waals surface area contributed by atoms with E-state index in [1.54, 1.807) is 7.11 Å². The van der Waals surface area contributed by atoms with E-state index in [0.717, 1.165) is 18.7 Å². The van der Waals surface area contributed by atoms with E-state index in [1.165, 1.54) is 31.2 Å². The number of ether oxygens (including phenoxy) is 1. The van der Waals surface area contributed by atoms with E-state index in [2.05, 4.69) is 31.3 Å². The molecular weight excluding hydrogens is 222 g/mol. The molecule has 0 aliphatic rings. The van der Waals surface area contributed by atoms with Crippen molar-refractivity contribution in [1.82, 2.24) is 5.32 Å². The summed E-state index contributed by atoms with van der Waals surface area (Å²) in [5, 5.41) is 3.59. The van der Waals surface area contributed by atoms with Gasteiger partial charge in [0.25, 0.3) is 0 Å². The Bertz CT molecular complexity index is 307. The van der Waals surface area contributed by atoms with E-state index in [-0.39, 0.29) is 0 Å². The van der Waals surface area contributed by atoms with E-state index in [0.29, 0.717) is 6.04 Å². The van der Waals surface area contributed by atoms with Crippen molar-refractivity contribution < 1.29 is 4.74 Å². The SMILES string of the molecule is CCCCC(CCc1ccc(OC)cc1)NCC. The maximum atomic E-state index is 5.17. The lowest BCUT2D eigenvalue weighted by Crippen LogP contribution is -2.29. The molecule has 0 fully saturated rings. The second kappa shape index (κ2) is 8.98. The zero-order chi connectivity index (χ0) is 13.2. The molecule has 0 saturated heterocycles. The van der Waals surface area contributed by atoms with Crippen molar-refractivity contribution in [2.75, 3.05) is 13.7 Å². The maximum Gasteiger partial charge on any atom is 0.118 e. The molecule has 0 radical (unpaired) electrons. The van der Waals surface area contributed by atoms with E-state index in [1.807, 2.05) is 12.1 Å². The standard InChI is InChI=1S/C16H27NO/c1-4-6-7-15(17-5-2)11-8-14-9-12-16(18-3)13-10-14/h9-10,12-13,15,17H,4-8,11H2,1-3H3. The lowest BCUT2D eigenvalue weighted by molar-refractivity contribution is 0.414. The molecule has 2 nitrogen and oxygen atoms in total. The summed E-state index contributed by atoms with van der Waals surface area (Å²) in [6.07, 6.45) is 6.26. The fourth-order valence-electron chi connectivity index (χ4n) is 2.22. The van der Waals surface area contributed by atoms with Gasteiger partial charge in [-0.25, -0.2) is 0 Å². The van der Waals surface area contributed by atoms with Gasteiger partial charge < -0.3 is 10.1 Å². The Kier molecular flexibility index (Phi) is 7.51. The number of aryl methyl sites for hydroxylation is 1. The van der Waals surface area contributed by atoms with Crippen molar-refractivity contribution in [2.24, 2.45) is 0 Å². The van der Waals surface area contributed by atoms with Crippen LogP contribution in [0.15, 0.2) is 24.3 Å². The molecule has 2 heteroatoms. The molecule has 1 aromatic rings. The molecule has 102 valence electrons. The van der Waals surface area contributed by atoms with Crippen LogP contribution in [0, 0.1) is 0 Å². The van der Waals surface area contributed by atoms with Crippen LogP contribution in [-0.4, -0.2) is 19.7 Å². The van der Waals surface area contributed by atoms with E-state index >= 15 is 0 Å². The number of benzene rings is 1. The predicted molar refractivity (Wildman–Crippen MR) is 78.3 cm³/mol. The first-order chi connectivity index (χ1) is 8.80. The molecule has 0 saturated carbocycles. The highest BCUT2D eigenvalue weighted by Gasteiger charge is 2.06. The largest absolute Gasteiger partial charge is 0.497 e. The summed E-state index contributed by atoms with van der Waals surface area (Å²) in [7, 11) is 1.71. The van der Waals surface area contributed by atoms with Gasteiger partial charge in [0, 0.05) is 6.04 Å². The maximum absolute atomic E-state index is 5.17. The molecule has 0 amide bonds. The second-order valence-electron chi connectivity index (χ2n) is 4.78. The zero-order valence-corrected chi connectivity index (χ0v) is 12.0. The molecule has 18 heavy (non-hydrogen) atoms. The topological polar surface area (TPSA) is 21.3 Å². The lowest BCUT2D eigenvalue weighted by Gasteiger charge is -2.17. The summed E-state index contributed by atoms with van der Waals surface area (Å²) in [6.45, 7) is 5.51. The second-order valence-corrected chi connectivity index (χ2v) is 4.78. The number of hydrogen-bond donors (Lipinski definition) is 1. The van der Waals surface area contributed by atoms with Gasteiger partial charge in [-0.3, -0.25) is 0 Å². The summed E-state index contributed by atoms with van der Waals surface area (Å²) >= 11 is 0. The fraction of sp³-hybridized carbons (Fsp3) is 0.625. The predicted octanol–water partition coefficient (Wildman–Crippen LogP) is 3.80. The van der Waals surface area contributed by atoms with E-state index < -0.39 is 0 Å². The summed E-state index contributed by atoms with van der Waals surface area (Å²) in [4.78, 5) is 0. The Hall–Kier alpha value is -1.02. The Balaban J connectivity index is 2.39. The molecule has 0 aromatic heterocycles. The Morgan fingerprint density at radius 3 is 2.39 bits per heavy atom. The van der Waals surface area contributed by atoms with E-state index in [4.69, 9.17) is 4.74 Å². The third kappa shape index (κ3) is 5.54. The minimum Gasteiger partial charge on any atom is -0.497 e. The van der Waals surface area contributed by atoms with Gasteiger partial charge in [0.1, 0.15) is 5.75 Å². The van der Waals surface area contributed by atoms with Crippen molar-refractivity contribution in [3.8, 4) is 5.75 Å². The Morgan fingerprint density at radius 1 is 1.11 bits per heavy atom. The van der Waals surface area contributed by atoms with Gasteiger partial charge in [-0.15, -0.1) is 0 Å². The number of hydrogen-bond acceptors (Lipinski definition) is 2. The van der Waals surface area contributed by atoms with Crippen molar-refractivity contribution in [1.29, 1.82) is 0 Å². The van der Waals surface area contributed by atoms with Gasteiger partial charge in [0.05, 0.1) is 7.11 Å². The summed E-state index contributed by atoms with van der Waals surface area (Å²) < 4.78 is 5.17. The van der Waals surface area contributed by atoms with Gasteiger partial charge in [0.2, 0.25) is 0 Å². The Morgan fingerprint density at radius 2 is 1.83 bits per heavy atom. The summed E-state index contributed by atoms with van der Waals surface area (Å²) in [5.41, 5.74) is 1.40. The number of unbranched alkanes of at least 4 members (excludes halogenated alkanes) is 1. The number of rotatable bonds is 9. The number of nitrogens with one attached hydrogen (secondary N) is 1.